The van der Waals surface area contributed by atoms with Gasteiger partial charge in [0.05, 0.1) is 6.10 Å². The Balaban J connectivity index is 2.35. The van der Waals surface area contributed by atoms with Gasteiger partial charge < -0.3 is 4.74 Å². The van der Waals surface area contributed by atoms with E-state index in [0.717, 1.165) is 18.5 Å². The molecule has 0 bridgehead atoms. The minimum atomic E-state index is 0.301. The van der Waals surface area contributed by atoms with Crippen molar-refractivity contribution < 1.29 is 4.74 Å². The molecule has 2 heteroatoms. The minimum Gasteiger partial charge on any atom is -0.374 e. The number of hydrogen-bond acceptors (Lipinski definition) is 1. The molecule has 1 atom stereocenters. The molecule has 1 saturated heterocycles. The lowest BCUT2D eigenvalue weighted by Crippen LogP contribution is -2.00. The van der Waals surface area contributed by atoms with Crippen LogP contribution >= 0.6 is 0 Å². The fourth-order valence-corrected chi connectivity index (χ4v) is 1.03. The molecule has 1 heterocycles. The van der Waals surface area contributed by atoms with Crippen molar-refractivity contribution >= 4 is 7.85 Å². The SMILES string of the molecule is [B]/C(C)=C/C1CCCO1. The van der Waals surface area contributed by atoms with Crippen molar-refractivity contribution in [1.29, 1.82) is 0 Å². The van der Waals surface area contributed by atoms with Gasteiger partial charge in [-0.15, -0.1) is 5.47 Å². The predicted octanol–water partition coefficient (Wildman–Crippen LogP) is 1.24. The highest BCUT2D eigenvalue weighted by Crippen LogP contribution is 2.13. The van der Waals surface area contributed by atoms with Crippen molar-refractivity contribution in [1.82, 2.24) is 0 Å². The predicted molar refractivity (Wildman–Crippen MR) is 38.5 cm³/mol. The van der Waals surface area contributed by atoms with Gasteiger partial charge in [-0.1, -0.05) is 13.0 Å². The second-order valence-electron chi connectivity index (χ2n) is 2.46. The van der Waals surface area contributed by atoms with Crippen molar-refractivity contribution in [2.45, 2.75) is 25.9 Å². The third-order valence-electron chi connectivity index (χ3n) is 1.41. The Morgan fingerprint density at radius 2 is 2.56 bits per heavy atom. The number of hydrogen-bond donors (Lipinski definition) is 0. The normalized spacial score (nSPS) is 29.0. The molecule has 48 valence electrons. The van der Waals surface area contributed by atoms with Crippen LogP contribution in [0.1, 0.15) is 19.8 Å². The van der Waals surface area contributed by atoms with Crippen LogP contribution in [0, 0.1) is 0 Å². The lowest BCUT2D eigenvalue weighted by Gasteiger charge is -2.01. The van der Waals surface area contributed by atoms with E-state index >= 15 is 0 Å². The Bertz CT molecular complexity index is 110. The Labute approximate surface area is 57.5 Å². The van der Waals surface area contributed by atoms with Gasteiger partial charge in [0.25, 0.3) is 0 Å². The molecule has 1 rings (SSSR count). The molecule has 0 spiro atoms. The van der Waals surface area contributed by atoms with Crippen LogP contribution in [0.4, 0.5) is 0 Å². The second-order valence-corrected chi connectivity index (χ2v) is 2.46. The summed E-state index contributed by atoms with van der Waals surface area (Å²) in [6.45, 7) is 2.79. The highest BCUT2D eigenvalue weighted by atomic mass is 16.5. The molecule has 0 saturated carbocycles. The van der Waals surface area contributed by atoms with Gasteiger partial charge in [0.1, 0.15) is 7.85 Å². The van der Waals surface area contributed by atoms with Crippen LogP contribution in [-0.2, 0) is 4.74 Å². The van der Waals surface area contributed by atoms with Gasteiger partial charge in [-0.3, -0.25) is 0 Å². The summed E-state index contributed by atoms with van der Waals surface area (Å²) in [5, 5.41) is 0. The van der Waals surface area contributed by atoms with Gasteiger partial charge in [-0.2, -0.15) is 0 Å². The van der Waals surface area contributed by atoms with E-state index in [0.29, 0.717) is 6.10 Å². The van der Waals surface area contributed by atoms with Gasteiger partial charge in [0.15, 0.2) is 0 Å². The Kier molecular flexibility index (Phi) is 2.34. The molecule has 1 fully saturated rings. The molecule has 0 aromatic carbocycles. The number of rotatable bonds is 1. The molecule has 1 nitrogen and oxygen atoms in total. The Hall–Kier alpha value is -0.235. The molecule has 1 aliphatic heterocycles. The lowest BCUT2D eigenvalue weighted by atomic mass is 9.96. The molecular weight excluding hydrogens is 111 g/mol. The van der Waals surface area contributed by atoms with E-state index in [-0.39, 0.29) is 0 Å². The van der Waals surface area contributed by atoms with Crippen molar-refractivity contribution in [3.63, 3.8) is 0 Å². The zero-order chi connectivity index (χ0) is 6.69. The minimum absolute atomic E-state index is 0.301. The second kappa shape index (κ2) is 3.07. The van der Waals surface area contributed by atoms with Gasteiger partial charge in [-0.05, 0) is 12.8 Å². The average Bonchev–Trinajstić information content (AvgIpc) is 2.15. The van der Waals surface area contributed by atoms with E-state index in [4.69, 9.17) is 12.6 Å². The first kappa shape index (κ1) is 6.88. The fraction of sp³-hybridized carbons (Fsp3) is 0.714. The van der Waals surface area contributed by atoms with E-state index in [1.165, 1.54) is 6.42 Å². The molecule has 1 aliphatic rings. The summed E-state index contributed by atoms with van der Waals surface area (Å²) < 4.78 is 5.31. The summed E-state index contributed by atoms with van der Waals surface area (Å²) in [5.74, 6) is 0. The Morgan fingerprint density at radius 3 is 3.00 bits per heavy atom. The van der Waals surface area contributed by atoms with Crippen molar-refractivity contribution in [3.05, 3.63) is 11.5 Å². The summed E-state index contributed by atoms with van der Waals surface area (Å²) in [7, 11) is 5.45. The van der Waals surface area contributed by atoms with Gasteiger partial charge in [-0.25, -0.2) is 0 Å². The zero-order valence-electron chi connectivity index (χ0n) is 5.76. The fourth-order valence-electron chi connectivity index (χ4n) is 1.03. The van der Waals surface area contributed by atoms with Crippen molar-refractivity contribution in [3.8, 4) is 0 Å². The summed E-state index contributed by atoms with van der Waals surface area (Å²) >= 11 is 0. The quantitative estimate of drug-likeness (QED) is 0.475. The summed E-state index contributed by atoms with van der Waals surface area (Å²) in [4.78, 5) is 0. The van der Waals surface area contributed by atoms with Crippen LogP contribution in [0.2, 0.25) is 0 Å². The zero-order valence-corrected chi connectivity index (χ0v) is 5.76. The maximum absolute atomic E-state index is 5.45. The monoisotopic (exact) mass is 122 g/mol. The van der Waals surface area contributed by atoms with E-state index in [1.807, 2.05) is 13.0 Å². The summed E-state index contributed by atoms with van der Waals surface area (Å²) in [5.41, 5.74) is 0.863. The van der Waals surface area contributed by atoms with Crippen LogP contribution in [0.25, 0.3) is 0 Å². The molecule has 0 aliphatic carbocycles. The van der Waals surface area contributed by atoms with Crippen LogP contribution in [0.5, 0.6) is 0 Å². The molecule has 9 heavy (non-hydrogen) atoms. The molecule has 0 amide bonds. The van der Waals surface area contributed by atoms with Gasteiger partial charge >= 0.3 is 0 Å². The standard InChI is InChI=1S/C7H11BO/c1-6(8)5-7-3-2-4-9-7/h5,7H,2-4H2,1H3/b6-5+. The topological polar surface area (TPSA) is 9.23 Å². The van der Waals surface area contributed by atoms with Crippen molar-refractivity contribution in [2.24, 2.45) is 0 Å². The molecule has 0 aromatic heterocycles. The largest absolute Gasteiger partial charge is 0.374 e. The van der Waals surface area contributed by atoms with E-state index in [1.54, 1.807) is 0 Å². The van der Waals surface area contributed by atoms with Crippen LogP contribution < -0.4 is 0 Å². The first-order valence-corrected chi connectivity index (χ1v) is 3.34. The molecule has 0 aromatic rings. The molecule has 1 unspecified atom stereocenters. The maximum Gasteiger partial charge on any atom is 0.107 e. The first-order chi connectivity index (χ1) is 4.29. The van der Waals surface area contributed by atoms with Crippen LogP contribution in [-0.4, -0.2) is 20.6 Å². The summed E-state index contributed by atoms with van der Waals surface area (Å²) in [6.07, 6.45) is 4.59. The average molecular weight is 122 g/mol. The molecule has 2 radical (unpaired) electrons. The highest BCUT2D eigenvalue weighted by molar-refractivity contribution is 6.21. The third-order valence-corrected chi connectivity index (χ3v) is 1.41. The van der Waals surface area contributed by atoms with Crippen molar-refractivity contribution in [2.75, 3.05) is 6.61 Å². The number of allylic oxidation sites excluding steroid dienone is 1. The third kappa shape index (κ3) is 2.23. The van der Waals surface area contributed by atoms with Crippen LogP contribution in [0.15, 0.2) is 11.5 Å². The molecular formula is C7H11BO. The lowest BCUT2D eigenvalue weighted by molar-refractivity contribution is 0.145. The van der Waals surface area contributed by atoms with E-state index < -0.39 is 0 Å². The van der Waals surface area contributed by atoms with E-state index in [2.05, 4.69) is 0 Å². The first-order valence-electron chi connectivity index (χ1n) is 3.34. The number of ether oxygens (including phenoxy) is 1. The maximum atomic E-state index is 5.45. The van der Waals surface area contributed by atoms with E-state index in [9.17, 15) is 0 Å². The Morgan fingerprint density at radius 1 is 1.78 bits per heavy atom. The van der Waals surface area contributed by atoms with Gasteiger partial charge in [0, 0.05) is 6.61 Å². The highest BCUT2D eigenvalue weighted by Gasteiger charge is 2.11. The smallest absolute Gasteiger partial charge is 0.107 e. The summed E-state index contributed by atoms with van der Waals surface area (Å²) in [6, 6.07) is 0. The van der Waals surface area contributed by atoms with Crippen LogP contribution in [0.3, 0.4) is 0 Å². The van der Waals surface area contributed by atoms with Gasteiger partial charge in [0.2, 0.25) is 0 Å². The molecule has 0 N–H and O–H groups in total.